The number of fused-ring (bicyclic) bond motifs is 1. The SMILES string of the molecule is Cc1[nH]nc2ccc(-c3nnc(NCC(N)COCc4ccccc4)s3)cc12. The van der Waals surface area contributed by atoms with Crippen LogP contribution in [-0.4, -0.2) is 39.6 Å². The molecule has 1 unspecified atom stereocenters. The maximum atomic E-state index is 6.13. The molecule has 2 aromatic carbocycles. The summed E-state index contributed by atoms with van der Waals surface area (Å²) in [6, 6.07) is 16.0. The Morgan fingerprint density at radius 3 is 2.89 bits per heavy atom. The molecule has 28 heavy (non-hydrogen) atoms. The highest BCUT2D eigenvalue weighted by atomic mass is 32.1. The van der Waals surface area contributed by atoms with Gasteiger partial charge in [0.25, 0.3) is 0 Å². The largest absolute Gasteiger partial charge is 0.375 e. The van der Waals surface area contributed by atoms with E-state index in [0.717, 1.165) is 37.9 Å². The van der Waals surface area contributed by atoms with Gasteiger partial charge in [0, 0.05) is 29.2 Å². The summed E-state index contributed by atoms with van der Waals surface area (Å²) in [5, 5.41) is 21.7. The van der Waals surface area contributed by atoms with Crippen LogP contribution in [0.1, 0.15) is 11.3 Å². The lowest BCUT2D eigenvalue weighted by atomic mass is 10.1. The van der Waals surface area contributed by atoms with Crippen molar-refractivity contribution in [3.05, 3.63) is 59.8 Å². The number of hydrogen-bond donors (Lipinski definition) is 3. The molecule has 0 radical (unpaired) electrons. The standard InChI is InChI=1S/C20H22N6OS/c1-13-17-9-15(7-8-18(17)24-23-13)19-25-26-20(28-19)22-10-16(21)12-27-11-14-5-3-2-4-6-14/h2-9,16H,10-12,21H2,1H3,(H,22,26)(H,23,24). The molecule has 0 fully saturated rings. The molecule has 8 heteroatoms. The minimum absolute atomic E-state index is 0.124. The number of nitrogens with one attached hydrogen (secondary N) is 2. The topological polar surface area (TPSA) is 102 Å². The fraction of sp³-hybridized carbons (Fsp3) is 0.250. The highest BCUT2D eigenvalue weighted by molar-refractivity contribution is 7.18. The maximum absolute atomic E-state index is 6.13. The molecule has 0 aliphatic heterocycles. The average Bonchev–Trinajstić information content (AvgIpc) is 3.34. The minimum Gasteiger partial charge on any atom is -0.375 e. The van der Waals surface area contributed by atoms with E-state index in [1.54, 1.807) is 0 Å². The molecule has 4 rings (SSSR count). The Morgan fingerprint density at radius 2 is 2.04 bits per heavy atom. The molecule has 2 heterocycles. The molecule has 0 bridgehead atoms. The molecule has 0 aliphatic rings. The first-order valence-corrected chi connectivity index (χ1v) is 9.90. The van der Waals surface area contributed by atoms with Crippen LogP contribution in [0.2, 0.25) is 0 Å². The number of ether oxygens (including phenoxy) is 1. The smallest absolute Gasteiger partial charge is 0.206 e. The van der Waals surface area contributed by atoms with Crippen molar-refractivity contribution in [1.82, 2.24) is 20.4 Å². The zero-order valence-electron chi connectivity index (χ0n) is 15.6. The lowest BCUT2D eigenvalue weighted by molar-refractivity contribution is 0.110. The molecule has 144 valence electrons. The van der Waals surface area contributed by atoms with E-state index < -0.39 is 0 Å². The third-order valence-electron chi connectivity index (χ3n) is 4.38. The van der Waals surface area contributed by atoms with E-state index in [9.17, 15) is 0 Å². The van der Waals surface area contributed by atoms with Crippen molar-refractivity contribution < 1.29 is 4.74 Å². The van der Waals surface area contributed by atoms with Gasteiger partial charge in [-0.1, -0.05) is 41.7 Å². The van der Waals surface area contributed by atoms with Crippen molar-refractivity contribution in [3.8, 4) is 10.6 Å². The Balaban J connectivity index is 1.29. The first-order chi connectivity index (χ1) is 13.7. The zero-order chi connectivity index (χ0) is 19.3. The van der Waals surface area contributed by atoms with Crippen molar-refractivity contribution >= 4 is 27.4 Å². The summed E-state index contributed by atoms with van der Waals surface area (Å²) >= 11 is 1.51. The molecule has 0 saturated heterocycles. The predicted octanol–water partition coefficient (Wildman–Crippen LogP) is 3.35. The van der Waals surface area contributed by atoms with Crippen LogP contribution in [0.5, 0.6) is 0 Å². The lowest BCUT2D eigenvalue weighted by Gasteiger charge is -2.12. The number of hydrogen-bond acceptors (Lipinski definition) is 7. The van der Waals surface area contributed by atoms with Gasteiger partial charge in [-0.15, -0.1) is 10.2 Å². The first-order valence-electron chi connectivity index (χ1n) is 9.09. The summed E-state index contributed by atoms with van der Waals surface area (Å²) in [7, 11) is 0. The number of nitrogens with zero attached hydrogens (tertiary/aromatic N) is 3. The lowest BCUT2D eigenvalue weighted by Crippen LogP contribution is -2.33. The molecule has 2 aromatic heterocycles. The fourth-order valence-corrected chi connectivity index (χ4v) is 3.61. The van der Waals surface area contributed by atoms with Gasteiger partial charge in [-0.25, -0.2) is 0 Å². The van der Waals surface area contributed by atoms with E-state index in [-0.39, 0.29) is 6.04 Å². The third-order valence-corrected chi connectivity index (χ3v) is 5.31. The van der Waals surface area contributed by atoms with E-state index in [2.05, 4.69) is 31.8 Å². The number of rotatable bonds is 8. The van der Waals surface area contributed by atoms with E-state index in [1.165, 1.54) is 11.3 Å². The summed E-state index contributed by atoms with van der Waals surface area (Å²) in [5.74, 6) is 0. The second-order valence-corrected chi connectivity index (χ2v) is 7.61. The number of anilines is 1. The van der Waals surface area contributed by atoms with Gasteiger partial charge in [-0.2, -0.15) is 5.10 Å². The molecule has 1 atom stereocenters. The Morgan fingerprint density at radius 1 is 1.18 bits per heavy atom. The molecule has 0 spiro atoms. The normalized spacial score (nSPS) is 12.4. The number of H-pyrrole nitrogens is 1. The van der Waals surface area contributed by atoms with Crippen molar-refractivity contribution in [1.29, 1.82) is 0 Å². The Bertz CT molecular complexity index is 1050. The summed E-state index contributed by atoms with van der Waals surface area (Å²) in [6.45, 7) is 3.62. The fourth-order valence-electron chi connectivity index (χ4n) is 2.86. The van der Waals surface area contributed by atoms with E-state index >= 15 is 0 Å². The molecule has 7 nitrogen and oxygen atoms in total. The number of nitrogens with two attached hydrogens (primary N) is 1. The van der Waals surface area contributed by atoms with Crippen molar-refractivity contribution in [3.63, 3.8) is 0 Å². The van der Waals surface area contributed by atoms with Crippen molar-refractivity contribution in [2.75, 3.05) is 18.5 Å². The van der Waals surface area contributed by atoms with Crippen LogP contribution in [-0.2, 0) is 11.3 Å². The second-order valence-electron chi connectivity index (χ2n) is 6.63. The van der Waals surface area contributed by atoms with Gasteiger partial charge in [0.05, 0.1) is 18.7 Å². The number of benzene rings is 2. The molecule has 0 aliphatic carbocycles. The molecule has 4 N–H and O–H groups in total. The van der Waals surface area contributed by atoms with Gasteiger partial charge in [-0.3, -0.25) is 5.10 Å². The van der Waals surface area contributed by atoms with Crippen LogP contribution in [0.3, 0.4) is 0 Å². The zero-order valence-corrected chi connectivity index (χ0v) is 16.4. The van der Waals surface area contributed by atoms with E-state index in [1.807, 2.05) is 49.4 Å². The number of aryl methyl sites for hydroxylation is 1. The molecule has 0 saturated carbocycles. The summed E-state index contributed by atoms with van der Waals surface area (Å²) in [5.41, 5.74) is 10.3. The highest BCUT2D eigenvalue weighted by Gasteiger charge is 2.10. The van der Waals surface area contributed by atoms with Crippen molar-refractivity contribution in [2.45, 2.75) is 19.6 Å². The minimum atomic E-state index is -0.124. The molecule has 0 amide bonds. The van der Waals surface area contributed by atoms with Crippen LogP contribution in [0, 0.1) is 6.92 Å². The first kappa shape index (κ1) is 18.5. The number of aromatic nitrogens is 4. The Kier molecular flexibility index (Phi) is 5.61. The van der Waals surface area contributed by atoms with Crippen molar-refractivity contribution in [2.24, 2.45) is 5.73 Å². The van der Waals surface area contributed by atoms with Crippen LogP contribution in [0.15, 0.2) is 48.5 Å². The van der Waals surface area contributed by atoms with Gasteiger partial charge in [0.15, 0.2) is 0 Å². The average molecular weight is 395 g/mol. The summed E-state index contributed by atoms with van der Waals surface area (Å²) in [6.07, 6.45) is 0. The Hall–Kier alpha value is -2.81. The van der Waals surface area contributed by atoms with E-state index in [0.29, 0.717) is 19.8 Å². The number of aromatic amines is 1. The molecular formula is C20H22N6OS. The van der Waals surface area contributed by atoms with Gasteiger partial charge in [-0.05, 0) is 30.7 Å². The summed E-state index contributed by atoms with van der Waals surface area (Å²) in [4.78, 5) is 0. The van der Waals surface area contributed by atoms with Gasteiger partial charge in [0.1, 0.15) is 5.01 Å². The highest BCUT2D eigenvalue weighted by Crippen LogP contribution is 2.29. The monoisotopic (exact) mass is 394 g/mol. The predicted molar refractivity (Wildman–Crippen MR) is 112 cm³/mol. The van der Waals surface area contributed by atoms with Gasteiger partial charge < -0.3 is 15.8 Å². The van der Waals surface area contributed by atoms with E-state index in [4.69, 9.17) is 10.5 Å². The second kappa shape index (κ2) is 8.47. The quantitative estimate of drug-likeness (QED) is 0.424. The molecule has 4 aromatic rings. The van der Waals surface area contributed by atoms with Crippen LogP contribution in [0.25, 0.3) is 21.5 Å². The Labute approximate surface area is 167 Å². The molecular weight excluding hydrogens is 372 g/mol. The van der Waals surface area contributed by atoms with Gasteiger partial charge in [0.2, 0.25) is 5.13 Å². The summed E-state index contributed by atoms with van der Waals surface area (Å²) < 4.78 is 5.68. The van der Waals surface area contributed by atoms with Crippen LogP contribution in [0.4, 0.5) is 5.13 Å². The van der Waals surface area contributed by atoms with Crippen LogP contribution < -0.4 is 11.1 Å². The van der Waals surface area contributed by atoms with Gasteiger partial charge >= 0.3 is 0 Å². The maximum Gasteiger partial charge on any atom is 0.206 e. The van der Waals surface area contributed by atoms with Crippen LogP contribution >= 0.6 is 11.3 Å². The third kappa shape index (κ3) is 4.36.